The molecule has 1 saturated carbocycles. The lowest BCUT2D eigenvalue weighted by Crippen LogP contribution is -2.40. The second-order valence-corrected chi connectivity index (χ2v) is 9.42. The highest BCUT2D eigenvalue weighted by atomic mass is 16.5. The van der Waals surface area contributed by atoms with E-state index in [9.17, 15) is 14.4 Å². The summed E-state index contributed by atoms with van der Waals surface area (Å²) in [5, 5.41) is 3.31. The molecule has 8 heteroatoms. The number of benzene rings is 3. The molecule has 1 heterocycles. The number of methoxy groups -OCH3 is 2. The predicted molar refractivity (Wildman–Crippen MR) is 142 cm³/mol. The van der Waals surface area contributed by atoms with Crippen molar-refractivity contribution >= 4 is 16.8 Å². The van der Waals surface area contributed by atoms with Crippen LogP contribution in [0.25, 0.3) is 10.9 Å². The molecule has 3 aromatic carbocycles. The molecular formula is C29H29N3O5. The molecule has 0 bridgehead atoms. The summed E-state index contributed by atoms with van der Waals surface area (Å²) in [5.74, 6) is 0.730. The van der Waals surface area contributed by atoms with Crippen molar-refractivity contribution in [1.29, 1.82) is 0 Å². The summed E-state index contributed by atoms with van der Waals surface area (Å²) >= 11 is 0. The van der Waals surface area contributed by atoms with E-state index in [1.807, 2.05) is 31.2 Å². The third kappa shape index (κ3) is 5.00. The predicted octanol–water partition coefficient (Wildman–Crippen LogP) is 3.48. The Kier molecular flexibility index (Phi) is 6.56. The number of amides is 1. The number of carbonyl (C=O) groups is 1. The van der Waals surface area contributed by atoms with Gasteiger partial charge in [0, 0.05) is 17.7 Å². The van der Waals surface area contributed by atoms with Gasteiger partial charge in [-0.1, -0.05) is 42.0 Å². The van der Waals surface area contributed by atoms with Gasteiger partial charge < -0.3 is 14.8 Å². The first kappa shape index (κ1) is 24.4. The van der Waals surface area contributed by atoms with Gasteiger partial charge in [0.2, 0.25) is 0 Å². The van der Waals surface area contributed by atoms with E-state index in [1.165, 1.54) is 18.8 Å². The summed E-state index contributed by atoms with van der Waals surface area (Å²) in [6.45, 7) is 2.35. The standard InChI is InChI=1S/C29H29N3O5/c1-18-5-4-6-20(13-18)17-31-24-15-26(37-3)25(36-2)14-23(24)28(34)32(29(31)35)16-19-7-9-21(10-8-19)27(33)30-22-11-12-22/h4-10,13-15,22H,11-12,16-17H2,1-3H3,(H,30,33). The van der Waals surface area contributed by atoms with Gasteiger partial charge in [-0.15, -0.1) is 0 Å². The molecule has 4 aromatic rings. The molecule has 0 unspecified atom stereocenters. The molecule has 1 fully saturated rings. The molecule has 5 rings (SSSR count). The second-order valence-electron chi connectivity index (χ2n) is 9.42. The molecule has 1 aliphatic rings. The summed E-state index contributed by atoms with van der Waals surface area (Å²) in [6.07, 6.45) is 2.03. The van der Waals surface area contributed by atoms with Crippen LogP contribution in [0.15, 0.2) is 70.3 Å². The molecule has 0 atom stereocenters. The fourth-order valence-electron chi connectivity index (χ4n) is 4.47. The van der Waals surface area contributed by atoms with Crippen molar-refractivity contribution in [2.24, 2.45) is 0 Å². The number of aromatic nitrogens is 2. The molecule has 1 aromatic heterocycles. The molecule has 1 amide bonds. The lowest BCUT2D eigenvalue weighted by Gasteiger charge is -2.17. The second kappa shape index (κ2) is 9.97. The van der Waals surface area contributed by atoms with Crippen LogP contribution in [0.1, 0.15) is 39.9 Å². The lowest BCUT2D eigenvalue weighted by atomic mass is 10.1. The zero-order valence-corrected chi connectivity index (χ0v) is 21.1. The van der Waals surface area contributed by atoms with Crippen molar-refractivity contribution in [3.05, 3.63) is 104 Å². The first-order chi connectivity index (χ1) is 17.9. The third-order valence-corrected chi connectivity index (χ3v) is 6.62. The molecule has 0 radical (unpaired) electrons. The Morgan fingerprint density at radius 3 is 2.22 bits per heavy atom. The Morgan fingerprint density at radius 1 is 0.892 bits per heavy atom. The summed E-state index contributed by atoms with van der Waals surface area (Å²) in [5.41, 5.74) is 2.93. The monoisotopic (exact) mass is 499 g/mol. The van der Waals surface area contributed by atoms with Crippen LogP contribution in [0, 0.1) is 6.92 Å². The number of rotatable bonds is 8. The molecule has 190 valence electrons. The van der Waals surface area contributed by atoms with Crippen molar-refractivity contribution in [2.75, 3.05) is 14.2 Å². The maximum Gasteiger partial charge on any atom is 0.332 e. The first-order valence-corrected chi connectivity index (χ1v) is 12.2. The number of hydrogen-bond donors (Lipinski definition) is 1. The highest BCUT2D eigenvalue weighted by Crippen LogP contribution is 2.30. The van der Waals surface area contributed by atoms with Crippen molar-refractivity contribution in [1.82, 2.24) is 14.5 Å². The summed E-state index contributed by atoms with van der Waals surface area (Å²) in [4.78, 5) is 39.6. The van der Waals surface area contributed by atoms with Crippen LogP contribution in [0.4, 0.5) is 0 Å². The Bertz CT molecular complexity index is 1600. The van der Waals surface area contributed by atoms with Gasteiger partial charge in [0.05, 0.1) is 38.2 Å². The highest BCUT2D eigenvalue weighted by Gasteiger charge is 2.24. The van der Waals surface area contributed by atoms with Crippen LogP contribution in [-0.2, 0) is 13.1 Å². The fraction of sp³-hybridized carbons (Fsp3) is 0.276. The number of fused-ring (bicyclic) bond motifs is 1. The fourth-order valence-corrected chi connectivity index (χ4v) is 4.47. The van der Waals surface area contributed by atoms with Crippen LogP contribution in [0.5, 0.6) is 11.5 Å². The normalized spacial score (nSPS) is 12.9. The van der Waals surface area contributed by atoms with E-state index < -0.39 is 11.2 Å². The molecular weight excluding hydrogens is 470 g/mol. The molecule has 37 heavy (non-hydrogen) atoms. The average molecular weight is 500 g/mol. The van der Waals surface area contributed by atoms with Crippen LogP contribution in [0.2, 0.25) is 0 Å². The van der Waals surface area contributed by atoms with Gasteiger partial charge in [-0.3, -0.25) is 18.7 Å². The summed E-state index contributed by atoms with van der Waals surface area (Å²) < 4.78 is 13.7. The average Bonchev–Trinajstić information content (AvgIpc) is 3.72. The summed E-state index contributed by atoms with van der Waals surface area (Å²) in [7, 11) is 3.02. The van der Waals surface area contributed by atoms with Crippen molar-refractivity contribution in [2.45, 2.75) is 38.9 Å². The third-order valence-electron chi connectivity index (χ3n) is 6.62. The topological polar surface area (TPSA) is 91.6 Å². The van der Waals surface area contributed by atoms with Gasteiger partial charge in [-0.05, 0) is 49.1 Å². The molecule has 0 aliphatic heterocycles. The number of nitrogens with one attached hydrogen (secondary N) is 1. The van der Waals surface area contributed by atoms with Crippen molar-refractivity contribution in [3.63, 3.8) is 0 Å². The van der Waals surface area contributed by atoms with Crippen molar-refractivity contribution < 1.29 is 14.3 Å². The van der Waals surface area contributed by atoms with Gasteiger partial charge >= 0.3 is 5.69 Å². The van der Waals surface area contributed by atoms with Gasteiger partial charge in [0.25, 0.3) is 11.5 Å². The van der Waals surface area contributed by atoms with Crippen LogP contribution < -0.4 is 26.0 Å². The van der Waals surface area contributed by atoms with Crippen LogP contribution >= 0.6 is 0 Å². The largest absolute Gasteiger partial charge is 0.493 e. The van der Waals surface area contributed by atoms with E-state index in [-0.39, 0.29) is 25.0 Å². The van der Waals surface area contributed by atoms with Crippen LogP contribution in [-0.4, -0.2) is 35.3 Å². The number of ether oxygens (including phenoxy) is 2. The highest BCUT2D eigenvalue weighted by molar-refractivity contribution is 5.94. The molecule has 0 spiro atoms. The van der Waals surface area contributed by atoms with Gasteiger partial charge in [-0.25, -0.2) is 4.79 Å². The maximum atomic E-state index is 13.7. The Hall–Kier alpha value is -4.33. The summed E-state index contributed by atoms with van der Waals surface area (Å²) in [6, 6.07) is 18.4. The smallest absolute Gasteiger partial charge is 0.332 e. The Balaban J connectivity index is 1.60. The lowest BCUT2D eigenvalue weighted by molar-refractivity contribution is 0.0951. The number of aryl methyl sites for hydroxylation is 1. The molecule has 8 nitrogen and oxygen atoms in total. The van der Waals surface area contributed by atoms with E-state index >= 15 is 0 Å². The molecule has 1 aliphatic carbocycles. The van der Waals surface area contributed by atoms with E-state index in [0.717, 1.165) is 29.5 Å². The van der Waals surface area contributed by atoms with E-state index in [2.05, 4.69) is 5.32 Å². The Morgan fingerprint density at radius 2 is 1.57 bits per heavy atom. The minimum atomic E-state index is -0.429. The van der Waals surface area contributed by atoms with E-state index in [0.29, 0.717) is 28.0 Å². The minimum absolute atomic E-state index is 0.0697. The van der Waals surface area contributed by atoms with E-state index in [1.54, 1.807) is 41.0 Å². The zero-order chi connectivity index (χ0) is 26.1. The van der Waals surface area contributed by atoms with Gasteiger partial charge in [0.1, 0.15) is 0 Å². The van der Waals surface area contributed by atoms with Gasteiger partial charge in [0.15, 0.2) is 11.5 Å². The van der Waals surface area contributed by atoms with Crippen molar-refractivity contribution in [3.8, 4) is 11.5 Å². The van der Waals surface area contributed by atoms with Crippen LogP contribution in [0.3, 0.4) is 0 Å². The number of hydrogen-bond acceptors (Lipinski definition) is 5. The Labute approximate surface area is 214 Å². The maximum absolute atomic E-state index is 13.7. The minimum Gasteiger partial charge on any atom is -0.493 e. The first-order valence-electron chi connectivity index (χ1n) is 12.2. The molecule has 0 saturated heterocycles. The molecule has 1 N–H and O–H groups in total. The SMILES string of the molecule is COc1cc2c(=O)n(Cc3ccc(C(=O)NC4CC4)cc3)c(=O)n(Cc3cccc(C)c3)c2cc1OC. The van der Waals surface area contributed by atoms with E-state index in [4.69, 9.17) is 9.47 Å². The number of carbonyl (C=O) groups excluding carboxylic acids is 1. The van der Waals surface area contributed by atoms with Gasteiger partial charge in [-0.2, -0.15) is 0 Å². The zero-order valence-electron chi connectivity index (χ0n) is 21.1. The quantitative estimate of drug-likeness (QED) is 0.401. The number of nitrogens with zero attached hydrogens (tertiary/aromatic N) is 2.